The monoisotopic (exact) mass is 351 g/mol. The molecule has 26 heavy (non-hydrogen) atoms. The molecule has 0 bridgehead atoms. The van der Waals surface area contributed by atoms with Gasteiger partial charge in [0.1, 0.15) is 5.82 Å². The zero-order valence-electron chi connectivity index (χ0n) is 14.6. The lowest BCUT2D eigenvalue weighted by molar-refractivity contribution is -0.0309. The fourth-order valence-electron chi connectivity index (χ4n) is 3.46. The summed E-state index contributed by atoms with van der Waals surface area (Å²) in [6.07, 6.45) is 6.65. The summed E-state index contributed by atoms with van der Waals surface area (Å²) in [7, 11) is 0. The molecule has 1 fully saturated rings. The van der Waals surface area contributed by atoms with Crippen LogP contribution < -0.4 is 0 Å². The van der Waals surface area contributed by atoms with Crippen LogP contribution in [-0.4, -0.2) is 40.3 Å². The Labute approximate surface area is 152 Å². The van der Waals surface area contributed by atoms with Crippen LogP contribution in [0.15, 0.2) is 67.1 Å². The number of halogens is 1. The van der Waals surface area contributed by atoms with Gasteiger partial charge in [-0.1, -0.05) is 12.1 Å². The Kier molecular flexibility index (Phi) is 5.09. The summed E-state index contributed by atoms with van der Waals surface area (Å²) in [5.74, 6) is -0.197. The maximum absolute atomic E-state index is 13.1. The van der Waals surface area contributed by atoms with Crippen LogP contribution in [0.25, 0.3) is 5.69 Å². The number of hydrogen-bond donors (Lipinski definition) is 0. The second-order valence-electron chi connectivity index (χ2n) is 6.63. The average molecular weight is 351 g/mol. The molecule has 1 aliphatic heterocycles. The first kappa shape index (κ1) is 16.9. The second-order valence-corrected chi connectivity index (χ2v) is 6.63. The molecule has 5 heteroatoms. The van der Waals surface area contributed by atoms with Crippen molar-refractivity contribution in [1.29, 1.82) is 0 Å². The minimum absolute atomic E-state index is 0.138. The van der Waals surface area contributed by atoms with Crippen molar-refractivity contribution < 1.29 is 9.13 Å². The van der Waals surface area contributed by atoms with E-state index in [9.17, 15) is 4.39 Å². The van der Waals surface area contributed by atoms with E-state index in [2.05, 4.69) is 32.8 Å². The molecule has 0 spiro atoms. The van der Waals surface area contributed by atoms with Crippen molar-refractivity contribution in [2.24, 2.45) is 0 Å². The Bertz CT molecular complexity index is 832. The topological polar surface area (TPSA) is 30.3 Å². The minimum atomic E-state index is -0.197. The van der Waals surface area contributed by atoms with E-state index in [4.69, 9.17) is 4.74 Å². The van der Waals surface area contributed by atoms with Gasteiger partial charge in [0.05, 0.1) is 12.7 Å². The number of morpholine rings is 1. The normalized spacial score (nSPS) is 18.1. The van der Waals surface area contributed by atoms with Gasteiger partial charge in [-0.25, -0.2) is 4.39 Å². The van der Waals surface area contributed by atoms with E-state index >= 15 is 0 Å². The molecule has 0 saturated carbocycles. The fraction of sp³-hybridized carbons (Fsp3) is 0.286. The van der Waals surface area contributed by atoms with Gasteiger partial charge in [0.15, 0.2) is 0 Å². The van der Waals surface area contributed by atoms with E-state index in [1.165, 1.54) is 17.8 Å². The number of pyridine rings is 1. The van der Waals surface area contributed by atoms with Gasteiger partial charge in [-0.3, -0.25) is 9.88 Å². The molecule has 0 N–H and O–H groups in total. The van der Waals surface area contributed by atoms with Crippen LogP contribution in [0.1, 0.15) is 11.3 Å². The summed E-state index contributed by atoms with van der Waals surface area (Å²) >= 11 is 0. The zero-order valence-corrected chi connectivity index (χ0v) is 14.6. The van der Waals surface area contributed by atoms with Crippen molar-refractivity contribution in [3.63, 3.8) is 0 Å². The van der Waals surface area contributed by atoms with Gasteiger partial charge in [0.25, 0.3) is 0 Å². The summed E-state index contributed by atoms with van der Waals surface area (Å²) in [6, 6.07) is 15.0. The van der Waals surface area contributed by atoms with Gasteiger partial charge in [0, 0.05) is 49.6 Å². The summed E-state index contributed by atoms with van der Waals surface area (Å²) in [6.45, 7) is 3.39. The molecule has 1 aliphatic rings. The standard InChI is InChI=1S/C21H22FN3O/c22-18-5-3-17(4-6-18)14-21-16-24(12-13-26-21)15-20-2-1-11-25(20)19-7-9-23-10-8-19/h1-11,21H,12-16H2. The van der Waals surface area contributed by atoms with E-state index in [0.717, 1.165) is 43.9 Å². The average Bonchev–Trinajstić information content (AvgIpc) is 3.13. The summed E-state index contributed by atoms with van der Waals surface area (Å²) < 4.78 is 21.2. The van der Waals surface area contributed by atoms with Crippen LogP contribution in [0.5, 0.6) is 0 Å². The molecule has 134 valence electrons. The molecule has 0 radical (unpaired) electrons. The molecule has 0 amide bonds. The summed E-state index contributed by atoms with van der Waals surface area (Å²) in [4.78, 5) is 6.51. The van der Waals surface area contributed by atoms with Crippen molar-refractivity contribution in [1.82, 2.24) is 14.5 Å². The van der Waals surface area contributed by atoms with Crippen molar-refractivity contribution in [3.8, 4) is 5.69 Å². The van der Waals surface area contributed by atoms with Crippen LogP contribution in [0, 0.1) is 5.82 Å². The first-order valence-electron chi connectivity index (χ1n) is 8.93. The van der Waals surface area contributed by atoms with E-state index in [-0.39, 0.29) is 11.9 Å². The quantitative estimate of drug-likeness (QED) is 0.705. The molecule has 3 aromatic rings. The first-order valence-corrected chi connectivity index (χ1v) is 8.93. The molecule has 0 aliphatic carbocycles. The lowest BCUT2D eigenvalue weighted by Gasteiger charge is -2.33. The molecule has 3 heterocycles. The predicted molar refractivity (Wildman–Crippen MR) is 98.7 cm³/mol. The number of rotatable bonds is 5. The third-order valence-corrected chi connectivity index (χ3v) is 4.76. The van der Waals surface area contributed by atoms with Crippen LogP contribution in [-0.2, 0) is 17.7 Å². The van der Waals surface area contributed by atoms with Gasteiger partial charge in [-0.05, 0) is 48.4 Å². The lowest BCUT2D eigenvalue weighted by Crippen LogP contribution is -2.43. The number of ether oxygens (including phenoxy) is 1. The Morgan fingerprint density at radius 3 is 2.69 bits per heavy atom. The second kappa shape index (κ2) is 7.81. The molecule has 4 nitrogen and oxygen atoms in total. The molecular formula is C21H22FN3O. The van der Waals surface area contributed by atoms with Gasteiger partial charge in [-0.15, -0.1) is 0 Å². The van der Waals surface area contributed by atoms with Crippen LogP contribution in [0.3, 0.4) is 0 Å². The molecule has 1 atom stereocenters. The van der Waals surface area contributed by atoms with E-state index in [0.29, 0.717) is 0 Å². The number of aromatic nitrogens is 2. The zero-order chi connectivity index (χ0) is 17.8. The minimum Gasteiger partial charge on any atom is -0.375 e. The third kappa shape index (κ3) is 4.00. The third-order valence-electron chi connectivity index (χ3n) is 4.76. The largest absolute Gasteiger partial charge is 0.375 e. The van der Waals surface area contributed by atoms with E-state index < -0.39 is 0 Å². The molecule has 2 aromatic heterocycles. The van der Waals surface area contributed by atoms with Crippen molar-refractivity contribution in [2.45, 2.75) is 19.1 Å². The van der Waals surface area contributed by atoms with Crippen molar-refractivity contribution in [3.05, 3.63) is 84.2 Å². The highest BCUT2D eigenvalue weighted by molar-refractivity contribution is 5.32. The van der Waals surface area contributed by atoms with Crippen molar-refractivity contribution >= 4 is 0 Å². The molecule has 1 unspecified atom stereocenters. The predicted octanol–water partition coefficient (Wildman–Crippen LogP) is 3.45. The molecular weight excluding hydrogens is 329 g/mol. The smallest absolute Gasteiger partial charge is 0.123 e. The Morgan fingerprint density at radius 2 is 1.88 bits per heavy atom. The molecule has 1 saturated heterocycles. The Morgan fingerprint density at radius 1 is 1.08 bits per heavy atom. The number of benzene rings is 1. The van der Waals surface area contributed by atoms with Crippen LogP contribution in [0.4, 0.5) is 4.39 Å². The lowest BCUT2D eigenvalue weighted by atomic mass is 10.1. The van der Waals surface area contributed by atoms with Gasteiger partial charge < -0.3 is 9.30 Å². The SMILES string of the molecule is Fc1ccc(CC2CN(Cc3cccn3-c3ccncc3)CCO2)cc1. The maximum Gasteiger partial charge on any atom is 0.123 e. The maximum atomic E-state index is 13.1. The van der Waals surface area contributed by atoms with Gasteiger partial charge in [-0.2, -0.15) is 0 Å². The highest BCUT2D eigenvalue weighted by atomic mass is 19.1. The number of nitrogens with zero attached hydrogens (tertiary/aromatic N) is 3. The van der Waals surface area contributed by atoms with Crippen LogP contribution in [0.2, 0.25) is 0 Å². The highest BCUT2D eigenvalue weighted by Gasteiger charge is 2.21. The molecule has 1 aromatic carbocycles. The number of hydrogen-bond acceptors (Lipinski definition) is 3. The van der Waals surface area contributed by atoms with E-state index in [1.54, 1.807) is 0 Å². The Balaban J connectivity index is 1.41. The first-order chi connectivity index (χ1) is 12.8. The molecule has 4 rings (SSSR count). The van der Waals surface area contributed by atoms with Gasteiger partial charge >= 0.3 is 0 Å². The van der Waals surface area contributed by atoms with Crippen molar-refractivity contribution in [2.75, 3.05) is 19.7 Å². The fourth-order valence-corrected chi connectivity index (χ4v) is 3.46. The highest BCUT2D eigenvalue weighted by Crippen LogP contribution is 2.17. The van der Waals surface area contributed by atoms with Gasteiger partial charge in [0.2, 0.25) is 0 Å². The van der Waals surface area contributed by atoms with E-state index in [1.807, 2.05) is 36.7 Å². The van der Waals surface area contributed by atoms with Crippen LogP contribution >= 0.6 is 0 Å². The Hall–Kier alpha value is -2.50. The summed E-state index contributed by atoms with van der Waals surface area (Å²) in [5.41, 5.74) is 3.48. The summed E-state index contributed by atoms with van der Waals surface area (Å²) in [5, 5.41) is 0.